The van der Waals surface area contributed by atoms with Gasteiger partial charge in [0.25, 0.3) is 5.91 Å². The predicted molar refractivity (Wildman–Crippen MR) is 127 cm³/mol. The molecule has 2 aromatic heterocycles. The molecule has 4 aromatic rings. The minimum absolute atomic E-state index is 0.0135. The van der Waals surface area contributed by atoms with Crippen LogP contribution in [0.1, 0.15) is 42.5 Å². The molecule has 5 rings (SSSR count). The molecular formula is C25H24ClN5O. The first-order valence-electron chi connectivity index (χ1n) is 11.0. The van der Waals surface area contributed by atoms with E-state index in [0.717, 1.165) is 35.4 Å². The summed E-state index contributed by atoms with van der Waals surface area (Å²) >= 11 is 6.16. The SMILES string of the molecule is O=C(NC1CCCCC1)c1ccc(Nc2nc3cccc(-c4cccc(Cl)c4)n3n2)cc1. The summed E-state index contributed by atoms with van der Waals surface area (Å²) in [6, 6.07) is 21.2. The Morgan fingerprint density at radius 3 is 2.53 bits per heavy atom. The normalized spacial score (nSPS) is 14.4. The predicted octanol–water partition coefficient (Wildman–Crippen LogP) is 5.86. The van der Waals surface area contributed by atoms with Gasteiger partial charge in [-0.3, -0.25) is 4.79 Å². The Balaban J connectivity index is 1.32. The van der Waals surface area contributed by atoms with Gasteiger partial charge in [0, 0.05) is 27.9 Å². The summed E-state index contributed by atoms with van der Waals surface area (Å²) in [6.45, 7) is 0. The maximum absolute atomic E-state index is 12.5. The van der Waals surface area contributed by atoms with Gasteiger partial charge in [-0.25, -0.2) is 4.52 Å². The van der Waals surface area contributed by atoms with Crippen molar-refractivity contribution < 1.29 is 4.79 Å². The third kappa shape index (κ3) is 4.46. The van der Waals surface area contributed by atoms with Gasteiger partial charge in [0.05, 0.1) is 5.69 Å². The van der Waals surface area contributed by atoms with Crippen molar-refractivity contribution in [2.24, 2.45) is 0 Å². The lowest BCUT2D eigenvalue weighted by Gasteiger charge is -2.22. The van der Waals surface area contributed by atoms with E-state index in [1.807, 2.05) is 66.7 Å². The van der Waals surface area contributed by atoms with Crippen LogP contribution in [0.3, 0.4) is 0 Å². The Morgan fingerprint density at radius 2 is 1.75 bits per heavy atom. The molecule has 0 unspecified atom stereocenters. The Labute approximate surface area is 191 Å². The monoisotopic (exact) mass is 445 g/mol. The number of carbonyl (C=O) groups is 1. The lowest BCUT2D eigenvalue weighted by molar-refractivity contribution is 0.0927. The molecule has 0 aliphatic heterocycles. The van der Waals surface area contributed by atoms with Crippen molar-refractivity contribution in [2.75, 3.05) is 5.32 Å². The molecule has 0 spiro atoms. The van der Waals surface area contributed by atoms with Crippen LogP contribution >= 0.6 is 11.6 Å². The van der Waals surface area contributed by atoms with Crippen molar-refractivity contribution in [3.05, 3.63) is 77.3 Å². The maximum Gasteiger partial charge on any atom is 0.251 e. The number of halogens is 1. The summed E-state index contributed by atoms with van der Waals surface area (Å²) in [5.74, 6) is 0.472. The third-order valence-electron chi connectivity index (χ3n) is 5.82. The van der Waals surface area contributed by atoms with Crippen LogP contribution in [-0.4, -0.2) is 26.5 Å². The summed E-state index contributed by atoms with van der Waals surface area (Å²) in [6.07, 6.45) is 5.80. The van der Waals surface area contributed by atoms with Gasteiger partial charge in [-0.2, -0.15) is 4.98 Å². The quantitative estimate of drug-likeness (QED) is 0.404. The van der Waals surface area contributed by atoms with Gasteiger partial charge in [0.15, 0.2) is 5.65 Å². The van der Waals surface area contributed by atoms with Gasteiger partial charge < -0.3 is 10.6 Å². The fraction of sp³-hybridized carbons (Fsp3) is 0.240. The summed E-state index contributed by atoms with van der Waals surface area (Å²) in [5, 5.41) is 11.7. The molecule has 0 atom stereocenters. The van der Waals surface area contributed by atoms with E-state index in [4.69, 9.17) is 11.6 Å². The van der Waals surface area contributed by atoms with Crippen LogP contribution in [0.25, 0.3) is 16.9 Å². The molecule has 7 heteroatoms. The average Bonchev–Trinajstić information content (AvgIpc) is 3.22. The third-order valence-corrected chi connectivity index (χ3v) is 6.06. The van der Waals surface area contributed by atoms with Crippen LogP contribution in [0.4, 0.5) is 11.6 Å². The van der Waals surface area contributed by atoms with Gasteiger partial charge in [-0.15, -0.1) is 5.10 Å². The zero-order chi connectivity index (χ0) is 21.9. The van der Waals surface area contributed by atoms with E-state index >= 15 is 0 Å². The molecule has 1 aliphatic rings. The van der Waals surface area contributed by atoms with Crippen LogP contribution in [0.15, 0.2) is 66.7 Å². The lowest BCUT2D eigenvalue weighted by Crippen LogP contribution is -2.36. The number of hydrogen-bond donors (Lipinski definition) is 2. The Bertz CT molecular complexity index is 1240. The van der Waals surface area contributed by atoms with Crippen LogP contribution in [-0.2, 0) is 0 Å². The topological polar surface area (TPSA) is 71.3 Å². The van der Waals surface area contributed by atoms with E-state index in [1.165, 1.54) is 19.3 Å². The number of benzene rings is 2. The molecule has 1 saturated carbocycles. The second-order valence-electron chi connectivity index (χ2n) is 8.14. The fourth-order valence-electron chi connectivity index (χ4n) is 4.17. The van der Waals surface area contributed by atoms with E-state index in [2.05, 4.69) is 20.7 Å². The number of hydrogen-bond acceptors (Lipinski definition) is 4. The first-order chi connectivity index (χ1) is 15.7. The number of carbonyl (C=O) groups excluding carboxylic acids is 1. The van der Waals surface area contributed by atoms with Crippen molar-refractivity contribution in [1.29, 1.82) is 0 Å². The smallest absolute Gasteiger partial charge is 0.251 e. The number of pyridine rings is 1. The second-order valence-corrected chi connectivity index (χ2v) is 8.57. The van der Waals surface area contributed by atoms with Crippen molar-refractivity contribution in [3.63, 3.8) is 0 Å². The molecule has 162 valence electrons. The first kappa shape index (κ1) is 20.5. The van der Waals surface area contributed by atoms with Gasteiger partial charge in [-0.1, -0.05) is 49.1 Å². The summed E-state index contributed by atoms with van der Waals surface area (Å²) in [4.78, 5) is 17.1. The highest BCUT2D eigenvalue weighted by molar-refractivity contribution is 6.30. The highest BCUT2D eigenvalue weighted by Gasteiger charge is 2.16. The van der Waals surface area contributed by atoms with Crippen LogP contribution in [0.5, 0.6) is 0 Å². The highest BCUT2D eigenvalue weighted by Crippen LogP contribution is 2.24. The van der Waals surface area contributed by atoms with Crippen LogP contribution in [0, 0.1) is 0 Å². The van der Waals surface area contributed by atoms with Gasteiger partial charge >= 0.3 is 0 Å². The number of aromatic nitrogens is 3. The van der Waals surface area contributed by atoms with Gasteiger partial charge in [0.2, 0.25) is 5.95 Å². The number of amides is 1. The number of rotatable bonds is 5. The first-order valence-corrected chi connectivity index (χ1v) is 11.3. The molecule has 0 bridgehead atoms. The standard InChI is InChI=1S/C25H24ClN5O/c26-19-7-4-6-18(16-19)22-10-5-11-23-29-25(30-31(22)23)28-21-14-12-17(13-15-21)24(32)27-20-8-2-1-3-9-20/h4-7,10-16,20H,1-3,8-9H2,(H,27,32)(H,28,30). The van der Waals surface area contributed by atoms with Crippen molar-refractivity contribution >= 4 is 34.8 Å². The molecular weight excluding hydrogens is 422 g/mol. The van der Waals surface area contributed by atoms with E-state index in [0.29, 0.717) is 22.6 Å². The molecule has 0 radical (unpaired) electrons. The average molecular weight is 446 g/mol. The minimum atomic E-state index is -0.0135. The number of fused-ring (bicyclic) bond motifs is 1. The fourth-order valence-corrected chi connectivity index (χ4v) is 4.36. The molecule has 1 amide bonds. The Hall–Kier alpha value is -3.38. The number of anilines is 2. The molecule has 1 fully saturated rings. The van der Waals surface area contributed by atoms with Gasteiger partial charge in [-0.05, 0) is 61.4 Å². The Morgan fingerprint density at radius 1 is 0.969 bits per heavy atom. The highest BCUT2D eigenvalue weighted by atomic mass is 35.5. The molecule has 2 N–H and O–H groups in total. The summed E-state index contributed by atoms with van der Waals surface area (Å²) in [5.41, 5.74) is 4.08. The van der Waals surface area contributed by atoms with Crippen LogP contribution in [0.2, 0.25) is 5.02 Å². The van der Waals surface area contributed by atoms with Crippen molar-refractivity contribution in [1.82, 2.24) is 19.9 Å². The Kier molecular flexibility index (Phi) is 5.77. The van der Waals surface area contributed by atoms with E-state index in [1.54, 1.807) is 4.52 Å². The van der Waals surface area contributed by atoms with E-state index < -0.39 is 0 Å². The van der Waals surface area contributed by atoms with Crippen LogP contribution < -0.4 is 10.6 Å². The molecule has 0 saturated heterocycles. The number of nitrogens with one attached hydrogen (secondary N) is 2. The van der Waals surface area contributed by atoms with Crippen molar-refractivity contribution in [3.8, 4) is 11.3 Å². The number of nitrogens with zero attached hydrogens (tertiary/aromatic N) is 3. The maximum atomic E-state index is 12.5. The molecule has 32 heavy (non-hydrogen) atoms. The van der Waals surface area contributed by atoms with E-state index in [9.17, 15) is 4.79 Å². The molecule has 1 aliphatic carbocycles. The summed E-state index contributed by atoms with van der Waals surface area (Å²) < 4.78 is 1.79. The lowest BCUT2D eigenvalue weighted by atomic mass is 9.95. The molecule has 6 nitrogen and oxygen atoms in total. The van der Waals surface area contributed by atoms with Crippen molar-refractivity contribution in [2.45, 2.75) is 38.1 Å². The zero-order valence-corrected chi connectivity index (χ0v) is 18.3. The minimum Gasteiger partial charge on any atom is -0.349 e. The molecule has 2 heterocycles. The van der Waals surface area contributed by atoms with Gasteiger partial charge in [0.1, 0.15) is 0 Å². The van der Waals surface area contributed by atoms with E-state index in [-0.39, 0.29) is 5.91 Å². The second kappa shape index (κ2) is 9.01. The summed E-state index contributed by atoms with van der Waals surface area (Å²) in [7, 11) is 0. The largest absolute Gasteiger partial charge is 0.349 e. The zero-order valence-electron chi connectivity index (χ0n) is 17.6. The molecule has 2 aromatic carbocycles.